The Bertz CT molecular complexity index is 1540. The van der Waals surface area contributed by atoms with Gasteiger partial charge in [0.25, 0.3) is 15.9 Å². The monoisotopic (exact) mass is 548 g/mol. The van der Waals surface area contributed by atoms with Gasteiger partial charge >= 0.3 is 0 Å². The van der Waals surface area contributed by atoms with Crippen molar-refractivity contribution >= 4 is 38.9 Å². The largest absolute Gasteiger partial charge is 0.489 e. The van der Waals surface area contributed by atoms with Crippen molar-refractivity contribution in [2.75, 3.05) is 22.8 Å². The maximum atomic E-state index is 13.2. The van der Waals surface area contributed by atoms with Gasteiger partial charge in [-0.2, -0.15) is 0 Å². The van der Waals surface area contributed by atoms with Crippen LogP contribution in [0.2, 0.25) is 5.02 Å². The molecule has 0 unspecified atom stereocenters. The Hall–Kier alpha value is -4.01. The molecule has 7 nitrogen and oxygen atoms in total. The number of rotatable bonds is 9. The molecule has 9 heteroatoms. The molecule has 194 valence electrons. The van der Waals surface area contributed by atoms with E-state index in [1.54, 1.807) is 30.3 Å². The van der Waals surface area contributed by atoms with Crippen molar-refractivity contribution in [2.24, 2.45) is 0 Å². The fraction of sp³-hybridized carbons (Fsp3) is 0.138. The van der Waals surface area contributed by atoms with Crippen LogP contribution >= 0.6 is 11.6 Å². The van der Waals surface area contributed by atoms with Gasteiger partial charge in [-0.25, -0.2) is 8.42 Å². The highest BCUT2D eigenvalue weighted by atomic mass is 35.5. The zero-order valence-corrected chi connectivity index (χ0v) is 21.9. The molecule has 0 spiro atoms. The Balaban J connectivity index is 1.15. The summed E-state index contributed by atoms with van der Waals surface area (Å²) in [4.78, 5) is 12.5. The van der Waals surface area contributed by atoms with Crippen molar-refractivity contribution in [2.45, 2.75) is 17.9 Å². The van der Waals surface area contributed by atoms with Gasteiger partial charge < -0.3 is 14.8 Å². The number of nitrogens with zero attached hydrogens (tertiary/aromatic N) is 1. The van der Waals surface area contributed by atoms with Crippen LogP contribution < -0.4 is 19.1 Å². The van der Waals surface area contributed by atoms with Gasteiger partial charge in [0.1, 0.15) is 18.1 Å². The van der Waals surface area contributed by atoms with Crippen LogP contribution in [0.4, 0.5) is 11.4 Å². The lowest BCUT2D eigenvalue weighted by Gasteiger charge is -2.20. The number of amides is 1. The van der Waals surface area contributed by atoms with Crippen LogP contribution in [0.3, 0.4) is 0 Å². The molecule has 0 fully saturated rings. The first kappa shape index (κ1) is 25.6. The number of carbonyl (C=O) groups excluding carboxylic acids is 1. The standard InChI is InChI=1S/C29H25ClN2O5S/c30-26-18-25(38(34,35)32-17-16-22-8-4-5-9-27(22)32)14-15-28(26)37-20-29(33)31-23-10-12-24(13-11-23)36-19-21-6-2-1-3-7-21/h1-15,18H,16-17,19-20H2,(H,31,33). The number of hydrogen-bond acceptors (Lipinski definition) is 5. The SMILES string of the molecule is O=C(COc1ccc(S(=O)(=O)N2CCc3ccccc32)cc1Cl)Nc1ccc(OCc2ccccc2)cc1. The molecule has 0 atom stereocenters. The molecule has 0 saturated carbocycles. The number of anilines is 2. The highest BCUT2D eigenvalue weighted by Crippen LogP contribution is 2.35. The first-order valence-corrected chi connectivity index (χ1v) is 13.8. The molecule has 0 bridgehead atoms. The highest BCUT2D eigenvalue weighted by molar-refractivity contribution is 7.92. The number of ether oxygens (including phenoxy) is 2. The molecular weight excluding hydrogens is 524 g/mol. The molecule has 4 aromatic carbocycles. The zero-order valence-electron chi connectivity index (χ0n) is 20.3. The van der Waals surface area contributed by atoms with E-state index in [1.165, 1.54) is 22.5 Å². The Morgan fingerprint density at radius 1 is 0.895 bits per heavy atom. The van der Waals surface area contributed by atoms with Crippen molar-refractivity contribution in [3.8, 4) is 11.5 Å². The minimum atomic E-state index is -3.78. The van der Waals surface area contributed by atoms with Crippen LogP contribution in [0.25, 0.3) is 0 Å². The number of halogens is 1. The van der Waals surface area contributed by atoms with Crippen molar-refractivity contribution in [3.05, 3.63) is 113 Å². The molecule has 1 N–H and O–H groups in total. The highest BCUT2D eigenvalue weighted by Gasteiger charge is 2.31. The van der Waals surface area contributed by atoms with Crippen LogP contribution in [0.15, 0.2) is 102 Å². The summed E-state index contributed by atoms with van der Waals surface area (Å²) in [5.74, 6) is 0.513. The predicted octanol–water partition coefficient (Wildman–Crippen LogP) is 5.69. The Labute approximate surface area is 226 Å². The maximum Gasteiger partial charge on any atom is 0.264 e. The minimum Gasteiger partial charge on any atom is -0.489 e. The summed E-state index contributed by atoms with van der Waals surface area (Å²) in [5, 5.41) is 2.85. The normalized spacial score (nSPS) is 12.6. The summed E-state index contributed by atoms with van der Waals surface area (Å²) in [5.41, 5.74) is 3.32. The lowest BCUT2D eigenvalue weighted by Crippen LogP contribution is -2.29. The van der Waals surface area contributed by atoms with E-state index < -0.39 is 10.0 Å². The van der Waals surface area contributed by atoms with E-state index in [2.05, 4.69) is 5.32 Å². The Morgan fingerprint density at radius 3 is 2.39 bits per heavy atom. The third-order valence-electron chi connectivity index (χ3n) is 6.08. The third-order valence-corrected chi connectivity index (χ3v) is 8.19. The minimum absolute atomic E-state index is 0.0607. The first-order valence-electron chi connectivity index (χ1n) is 12.0. The van der Waals surface area contributed by atoms with Crippen molar-refractivity contribution < 1.29 is 22.7 Å². The molecule has 0 saturated heterocycles. The topological polar surface area (TPSA) is 84.9 Å². The molecular formula is C29H25ClN2O5S. The van der Waals surface area contributed by atoms with Crippen LogP contribution in [0, 0.1) is 0 Å². The molecule has 0 aromatic heterocycles. The zero-order chi connectivity index (χ0) is 26.5. The fourth-order valence-electron chi connectivity index (χ4n) is 4.16. The van der Waals surface area contributed by atoms with Gasteiger partial charge in [-0.3, -0.25) is 9.10 Å². The molecule has 0 aliphatic carbocycles. The Kier molecular flexibility index (Phi) is 7.53. The van der Waals surface area contributed by atoms with Crippen molar-refractivity contribution in [1.29, 1.82) is 0 Å². The van der Waals surface area contributed by atoms with Gasteiger partial charge in [0, 0.05) is 12.2 Å². The van der Waals surface area contributed by atoms with Crippen molar-refractivity contribution in [1.82, 2.24) is 0 Å². The Morgan fingerprint density at radius 2 is 1.63 bits per heavy atom. The smallest absolute Gasteiger partial charge is 0.264 e. The van der Waals surface area contributed by atoms with Gasteiger partial charge in [0.05, 0.1) is 15.6 Å². The van der Waals surface area contributed by atoms with Gasteiger partial charge in [0.15, 0.2) is 6.61 Å². The number of carbonyl (C=O) groups is 1. The number of sulfonamides is 1. The molecule has 38 heavy (non-hydrogen) atoms. The quantitative estimate of drug-likeness (QED) is 0.290. The van der Waals surface area contributed by atoms with E-state index in [1.807, 2.05) is 48.5 Å². The molecule has 1 amide bonds. The van der Waals surface area contributed by atoms with E-state index in [4.69, 9.17) is 21.1 Å². The lowest BCUT2D eigenvalue weighted by molar-refractivity contribution is -0.118. The average Bonchev–Trinajstić information content (AvgIpc) is 3.38. The first-order chi connectivity index (χ1) is 18.4. The number of para-hydroxylation sites is 1. The van der Waals surface area contributed by atoms with Crippen molar-refractivity contribution in [3.63, 3.8) is 0 Å². The summed E-state index contributed by atoms with van der Waals surface area (Å²) in [6.45, 7) is 0.530. The van der Waals surface area contributed by atoms with E-state index in [9.17, 15) is 13.2 Å². The van der Waals surface area contributed by atoms with Crippen LogP contribution in [0.5, 0.6) is 11.5 Å². The second kappa shape index (κ2) is 11.2. The fourth-order valence-corrected chi connectivity index (χ4v) is 5.99. The summed E-state index contributed by atoms with van der Waals surface area (Å²) < 4.78 is 39.1. The van der Waals surface area contributed by atoms with Gasteiger partial charge in [-0.05, 0) is 66.1 Å². The number of benzene rings is 4. The molecule has 1 aliphatic rings. The predicted molar refractivity (Wildman–Crippen MR) is 147 cm³/mol. The molecule has 0 radical (unpaired) electrons. The molecule has 1 aliphatic heterocycles. The van der Waals surface area contributed by atoms with Gasteiger partial charge in [-0.15, -0.1) is 0 Å². The average molecular weight is 549 g/mol. The molecule has 1 heterocycles. The van der Waals surface area contributed by atoms with Gasteiger partial charge in [0.2, 0.25) is 0 Å². The van der Waals surface area contributed by atoms with Gasteiger partial charge in [-0.1, -0.05) is 60.1 Å². The molecule has 4 aromatic rings. The summed E-state index contributed by atoms with van der Waals surface area (Å²) >= 11 is 6.32. The number of hydrogen-bond donors (Lipinski definition) is 1. The van der Waals surface area contributed by atoms with E-state index in [0.717, 1.165) is 11.1 Å². The maximum absolute atomic E-state index is 13.2. The van der Waals surface area contributed by atoms with E-state index in [-0.39, 0.29) is 28.2 Å². The third kappa shape index (κ3) is 5.77. The number of nitrogens with one attached hydrogen (secondary N) is 1. The number of fused-ring (bicyclic) bond motifs is 1. The van der Waals surface area contributed by atoms with Crippen LogP contribution in [-0.2, 0) is 27.8 Å². The second-order valence-corrected chi connectivity index (χ2v) is 11.0. The van der Waals surface area contributed by atoms with E-state index in [0.29, 0.717) is 36.7 Å². The summed E-state index contributed by atoms with van der Waals surface area (Å²) in [6.07, 6.45) is 0.656. The van der Waals surface area contributed by atoms with E-state index >= 15 is 0 Å². The summed E-state index contributed by atoms with van der Waals surface area (Å²) in [6, 6.07) is 28.5. The molecule has 5 rings (SSSR count). The van der Waals surface area contributed by atoms with Crippen LogP contribution in [-0.4, -0.2) is 27.5 Å². The lowest BCUT2D eigenvalue weighted by atomic mass is 10.2. The second-order valence-electron chi connectivity index (χ2n) is 8.68. The summed E-state index contributed by atoms with van der Waals surface area (Å²) in [7, 11) is -3.78. The van der Waals surface area contributed by atoms with Crippen LogP contribution in [0.1, 0.15) is 11.1 Å².